The zero-order valence-electron chi connectivity index (χ0n) is 12.5. The average molecular weight is 371 g/mol. The number of aryl methyl sites for hydroxylation is 1. The number of benzene rings is 2. The van der Waals surface area contributed by atoms with Gasteiger partial charge in [-0.25, -0.2) is 17.2 Å². The van der Waals surface area contributed by atoms with E-state index in [1.54, 1.807) is 0 Å². The molecular weight excluding hydrogens is 358 g/mol. The van der Waals surface area contributed by atoms with Crippen molar-refractivity contribution in [3.63, 3.8) is 0 Å². The molecule has 24 heavy (non-hydrogen) atoms. The molecule has 2 aromatic carbocycles. The molecule has 0 saturated carbocycles. The number of Topliss-reactive ketones (excluding diaryl/α,β-unsaturated/α-hetero) is 1. The summed E-state index contributed by atoms with van der Waals surface area (Å²) in [5.41, 5.74) is 1.48. The Morgan fingerprint density at radius 1 is 1.00 bits per heavy atom. The minimum Gasteiger partial charge on any atom is -0.299 e. The van der Waals surface area contributed by atoms with Crippen molar-refractivity contribution in [3.8, 4) is 0 Å². The molecule has 0 fully saturated rings. The Balaban J connectivity index is 1.97. The van der Waals surface area contributed by atoms with Crippen molar-refractivity contribution < 1.29 is 22.0 Å². The van der Waals surface area contributed by atoms with Crippen LogP contribution in [0.5, 0.6) is 0 Å². The molecule has 126 valence electrons. The summed E-state index contributed by atoms with van der Waals surface area (Å²) in [6.07, 6.45) is 0.852. The Labute approximate surface area is 143 Å². The van der Waals surface area contributed by atoms with Crippen LogP contribution in [0.4, 0.5) is 8.78 Å². The van der Waals surface area contributed by atoms with Crippen molar-refractivity contribution in [1.29, 1.82) is 0 Å². The Kier molecular flexibility index (Phi) is 4.44. The second-order valence-corrected chi connectivity index (χ2v) is 8.14. The van der Waals surface area contributed by atoms with Crippen molar-refractivity contribution in [2.24, 2.45) is 0 Å². The number of hydrogen-bond acceptors (Lipinski definition) is 3. The molecule has 0 N–H and O–H groups in total. The van der Waals surface area contributed by atoms with E-state index in [4.69, 9.17) is 11.6 Å². The Morgan fingerprint density at radius 3 is 2.46 bits per heavy atom. The molecule has 0 amide bonds. The summed E-state index contributed by atoms with van der Waals surface area (Å²) in [6, 6.07) is 6.01. The van der Waals surface area contributed by atoms with Gasteiger partial charge in [0.2, 0.25) is 0 Å². The first-order valence-corrected chi connectivity index (χ1v) is 9.29. The van der Waals surface area contributed by atoms with Crippen molar-refractivity contribution in [2.45, 2.75) is 29.9 Å². The van der Waals surface area contributed by atoms with E-state index in [1.807, 2.05) is 0 Å². The topological polar surface area (TPSA) is 51.2 Å². The Morgan fingerprint density at radius 2 is 1.75 bits per heavy atom. The molecule has 0 aromatic heterocycles. The van der Waals surface area contributed by atoms with Crippen LogP contribution >= 0.6 is 11.6 Å². The molecule has 0 atom stereocenters. The monoisotopic (exact) mass is 370 g/mol. The minimum atomic E-state index is -3.96. The van der Waals surface area contributed by atoms with Gasteiger partial charge in [0.1, 0.15) is 22.3 Å². The predicted octanol–water partition coefficient (Wildman–Crippen LogP) is 3.65. The summed E-state index contributed by atoms with van der Waals surface area (Å²) in [7, 11) is -3.96. The van der Waals surface area contributed by atoms with Crippen LogP contribution in [0.2, 0.25) is 5.02 Å². The first-order chi connectivity index (χ1) is 11.3. The minimum absolute atomic E-state index is 0.0125. The number of fused-ring (bicyclic) bond motifs is 1. The van der Waals surface area contributed by atoms with Crippen LogP contribution in [0.1, 0.15) is 23.1 Å². The summed E-state index contributed by atoms with van der Waals surface area (Å²) in [5, 5.41) is -0.188. The van der Waals surface area contributed by atoms with Crippen molar-refractivity contribution in [2.75, 3.05) is 0 Å². The van der Waals surface area contributed by atoms with Crippen LogP contribution in [0.15, 0.2) is 35.2 Å². The number of carbonyl (C=O) groups is 1. The van der Waals surface area contributed by atoms with Crippen molar-refractivity contribution in [3.05, 3.63) is 63.7 Å². The van der Waals surface area contributed by atoms with Gasteiger partial charge in [-0.15, -0.1) is 0 Å². The summed E-state index contributed by atoms with van der Waals surface area (Å²) in [4.78, 5) is 11.0. The van der Waals surface area contributed by atoms with Gasteiger partial charge in [-0.1, -0.05) is 17.7 Å². The molecule has 3 nitrogen and oxygen atoms in total. The van der Waals surface area contributed by atoms with Gasteiger partial charge in [0, 0.05) is 12.8 Å². The molecule has 1 aliphatic carbocycles. The van der Waals surface area contributed by atoms with E-state index < -0.39 is 32.1 Å². The van der Waals surface area contributed by atoms with E-state index in [-0.39, 0.29) is 22.8 Å². The van der Waals surface area contributed by atoms with Gasteiger partial charge in [-0.05, 0) is 47.4 Å². The highest BCUT2D eigenvalue weighted by Crippen LogP contribution is 2.28. The van der Waals surface area contributed by atoms with E-state index >= 15 is 0 Å². The molecule has 0 unspecified atom stereocenters. The van der Waals surface area contributed by atoms with E-state index in [2.05, 4.69) is 0 Å². The summed E-state index contributed by atoms with van der Waals surface area (Å²) < 4.78 is 52.5. The normalized spacial score (nSPS) is 14.5. The van der Waals surface area contributed by atoms with Gasteiger partial charge in [0.25, 0.3) is 0 Å². The van der Waals surface area contributed by atoms with Crippen molar-refractivity contribution in [1.82, 2.24) is 0 Å². The van der Waals surface area contributed by atoms with Crippen LogP contribution in [-0.4, -0.2) is 14.2 Å². The molecule has 0 bridgehead atoms. The fourth-order valence-corrected chi connectivity index (χ4v) is 4.43. The van der Waals surface area contributed by atoms with Gasteiger partial charge in [-0.3, -0.25) is 4.79 Å². The van der Waals surface area contributed by atoms with Gasteiger partial charge in [0.15, 0.2) is 9.84 Å². The maximum atomic E-state index is 14.3. The molecule has 7 heteroatoms. The van der Waals surface area contributed by atoms with Gasteiger partial charge in [0.05, 0.1) is 10.8 Å². The number of sulfone groups is 1. The van der Waals surface area contributed by atoms with E-state index in [9.17, 15) is 22.0 Å². The van der Waals surface area contributed by atoms with Crippen molar-refractivity contribution >= 4 is 27.2 Å². The van der Waals surface area contributed by atoms with E-state index in [0.29, 0.717) is 24.0 Å². The molecule has 0 heterocycles. The fraction of sp³-hybridized carbons (Fsp3) is 0.235. The molecule has 0 saturated heterocycles. The lowest BCUT2D eigenvalue weighted by atomic mass is 9.91. The molecule has 1 aliphatic rings. The largest absolute Gasteiger partial charge is 0.299 e. The van der Waals surface area contributed by atoms with Gasteiger partial charge < -0.3 is 0 Å². The van der Waals surface area contributed by atoms with Gasteiger partial charge in [-0.2, -0.15) is 0 Å². The zero-order valence-corrected chi connectivity index (χ0v) is 14.1. The third-order valence-electron chi connectivity index (χ3n) is 3.99. The SMILES string of the molecule is O=C1CCc2cc(S(=O)(=O)Cc3ccc(F)c(Cl)c3)c(F)cc2C1. The lowest BCUT2D eigenvalue weighted by Crippen LogP contribution is -2.16. The third-order valence-corrected chi connectivity index (χ3v) is 5.98. The fourth-order valence-electron chi connectivity index (χ4n) is 2.77. The average Bonchev–Trinajstić information content (AvgIpc) is 2.49. The van der Waals surface area contributed by atoms with E-state index in [1.165, 1.54) is 18.2 Å². The first-order valence-electron chi connectivity index (χ1n) is 7.26. The first kappa shape index (κ1) is 17.0. The second-order valence-electron chi connectivity index (χ2n) is 5.77. The zero-order chi connectivity index (χ0) is 17.5. The number of rotatable bonds is 3. The highest BCUT2D eigenvalue weighted by Gasteiger charge is 2.25. The van der Waals surface area contributed by atoms with Crippen LogP contribution < -0.4 is 0 Å². The van der Waals surface area contributed by atoms with Gasteiger partial charge >= 0.3 is 0 Å². The van der Waals surface area contributed by atoms with E-state index in [0.717, 1.165) is 12.1 Å². The maximum absolute atomic E-state index is 14.3. The lowest BCUT2D eigenvalue weighted by molar-refractivity contribution is -0.118. The molecule has 3 rings (SSSR count). The molecular formula is C17H13ClF2O3S. The summed E-state index contributed by atoms with van der Waals surface area (Å²) >= 11 is 5.65. The third kappa shape index (κ3) is 3.35. The Bertz CT molecular complexity index is 939. The highest BCUT2D eigenvalue weighted by atomic mass is 35.5. The molecule has 2 aromatic rings. The molecule has 0 spiro atoms. The number of carbonyl (C=O) groups excluding carboxylic acids is 1. The van der Waals surface area contributed by atoms with Crippen LogP contribution in [0, 0.1) is 11.6 Å². The van der Waals surface area contributed by atoms with Crippen LogP contribution in [0.25, 0.3) is 0 Å². The standard InChI is InChI=1S/C17H13ClF2O3S/c18-14-5-10(1-4-15(14)19)9-24(22,23)17-8-11-2-3-13(21)6-12(11)7-16(17)20/h1,4-5,7-8H,2-3,6,9H2. The lowest BCUT2D eigenvalue weighted by Gasteiger charge is -2.17. The number of hydrogen-bond donors (Lipinski definition) is 0. The van der Waals surface area contributed by atoms with Crippen LogP contribution in [0.3, 0.4) is 0 Å². The summed E-state index contributed by atoms with van der Waals surface area (Å²) in [5.74, 6) is -2.00. The maximum Gasteiger partial charge on any atom is 0.185 e. The second kappa shape index (κ2) is 6.26. The smallest absolute Gasteiger partial charge is 0.185 e. The molecule has 0 aliphatic heterocycles. The van der Waals surface area contributed by atoms with Crippen LogP contribution in [-0.2, 0) is 33.2 Å². The number of halogens is 3. The number of ketones is 1. The highest BCUT2D eigenvalue weighted by molar-refractivity contribution is 7.90. The molecule has 0 radical (unpaired) electrons. The Hall–Kier alpha value is -1.79. The summed E-state index contributed by atoms with van der Waals surface area (Å²) in [6.45, 7) is 0. The predicted molar refractivity (Wildman–Crippen MR) is 85.7 cm³/mol. The quantitative estimate of drug-likeness (QED) is 0.828.